The van der Waals surface area contributed by atoms with E-state index in [2.05, 4.69) is 35.6 Å². The second kappa shape index (κ2) is 10.3. The van der Waals surface area contributed by atoms with E-state index < -0.39 is 0 Å². The molecular formula is C30H25NO4S. The van der Waals surface area contributed by atoms with Gasteiger partial charge in [-0.1, -0.05) is 42.5 Å². The van der Waals surface area contributed by atoms with Gasteiger partial charge in [0.15, 0.2) is 5.78 Å². The van der Waals surface area contributed by atoms with Crippen LogP contribution < -0.4 is 14.8 Å². The third-order valence-electron chi connectivity index (χ3n) is 6.25. The van der Waals surface area contributed by atoms with Crippen molar-refractivity contribution < 1.29 is 19.1 Å². The molecule has 4 aromatic rings. The zero-order valence-corrected chi connectivity index (χ0v) is 20.9. The molecule has 0 heterocycles. The van der Waals surface area contributed by atoms with Crippen LogP contribution in [-0.2, 0) is 6.42 Å². The third kappa shape index (κ3) is 4.72. The van der Waals surface area contributed by atoms with E-state index in [0.29, 0.717) is 28.5 Å². The maximum atomic E-state index is 12.9. The Labute approximate surface area is 214 Å². The van der Waals surface area contributed by atoms with Gasteiger partial charge in [-0.15, -0.1) is 11.8 Å². The Morgan fingerprint density at radius 2 is 1.50 bits per heavy atom. The zero-order valence-electron chi connectivity index (χ0n) is 20.0. The monoisotopic (exact) mass is 495 g/mol. The molecule has 1 amide bonds. The van der Waals surface area contributed by atoms with E-state index in [-0.39, 0.29) is 11.7 Å². The average Bonchev–Trinajstić information content (AvgIpc) is 3.29. The van der Waals surface area contributed by atoms with Crippen molar-refractivity contribution in [2.75, 3.05) is 25.3 Å². The van der Waals surface area contributed by atoms with Crippen LogP contribution in [0.4, 0.5) is 5.69 Å². The SMILES string of the molecule is COc1cccc(OC)c1C(=O)Nc1ccc(SCC(=O)c2ccc3c(c2)Cc2ccccc2-3)cc1. The predicted molar refractivity (Wildman–Crippen MR) is 144 cm³/mol. The molecule has 1 N–H and O–H groups in total. The maximum absolute atomic E-state index is 12.9. The molecule has 1 aliphatic rings. The molecule has 0 radical (unpaired) electrons. The molecule has 1 aliphatic carbocycles. The van der Waals surface area contributed by atoms with Gasteiger partial charge in [0.2, 0.25) is 0 Å². The number of hydrogen-bond donors (Lipinski definition) is 1. The first-order valence-electron chi connectivity index (χ1n) is 11.6. The van der Waals surface area contributed by atoms with E-state index in [1.54, 1.807) is 18.2 Å². The number of methoxy groups -OCH3 is 2. The maximum Gasteiger partial charge on any atom is 0.263 e. The molecule has 0 saturated heterocycles. The number of carbonyl (C=O) groups excluding carboxylic acids is 2. The first-order valence-corrected chi connectivity index (χ1v) is 12.6. The van der Waals surface area contributed by atoms with Gasteiger partial charge in [0, 0.05) is 16.1 Å². The summed E-state index contributed by atoms with van der Waals surface area (Å²) in [6.07, 6.45) is 0.869. The van der Waals surface area contributed by atoms with Crippen LogP contribution in [0.1, 0.15) is 31.8 Å². The zero-order chi connectivity index (χ0) is 25.1. The van der Waals surface area contributed by atoms with E-state index in [1.165, 1.54) is 48.2 Å². The van der Waals surface area contributed by atoms with Gasteiger partial charge in [0.1, 0.15) is 17.1 Å². The van der Waals surface area contributed by atoms with Crippen LogP contribution in [-0.4, -0.2) is 31.7 Å². The summed E-state index contributed by atoms with van der Waals surface area (Å²) in [7, 11) is 3.03. The fraction of sp³-hybridized carbons (Fsp3) is 0.133. The summed E-state index contributed by atoms with van der Waals surface area (Å²) >= 11 is 1.48. The summed E-state index contributed by atoms with van der Waals surface area (Å²) in [5.74, 6) is 0.995. The van der Waals surface area contributed by atoms with Crippen molar-refractivity contribution in [2.45, 2.75) is 11.3 Å². The van der Waals surface area contributed by atoms with E-state index in [0.717, 1.165) is 16.9 Å². The number of amides is 1. The van der Waals surface area contributed by atoms with Crippen LogP contribution in [0.2, 0.25) is 0 Å². The Morgan fingerprint density at radius 1 is 0.806 bits per heavy atom. The highest BCUT2D eigenvalue weighted by Gasteiger charge is 2.20. The number of nitrogens with one attached hydrogen (secondary N) is 1. The van der Waals surface area contributed by atoms with Crippen molar-refractivity contribution in [1.29, 1.82) is 0 Å². The number of ether oxygens (including phenoxy) is 2. The number of anilines is 1. The topological polar surface area (TPSA) is 64.6 Å². The lowest BCUT2D eigenvalue weighted by Crippen LogP contribution is -2.14. The summed E-state index contributed by atoms with van der Waals surface area (Å²) in [5, 5.41) is 2.88. The fourth-order valence-corrected chi connectivity index (χ4v) is 5.25. The van der Waals surface area contributed by atoms with Crippen molar-refractivity contribution >= 4 is 29.1 Å². The summed E-state index contributed by atoms with van der Waals surface area (Å²) in [6, 6.07) is 27.0. The molecule has 5 nitrogen and oxygen atoms in total. The molecule has 0 unspecified atom stereocenters. The van der Waals surface area contributed by atoms with Gasteiger partial charge in [-0.25, -0.2) is 0 Å². The highest BCUT2D eigenvalue weighted by molar-refractivity contribution is 8.00. The number of hydrogen-bond acceptors (Lipinski definition) is 5. The van der Waals surface area contributed by atoms with Gasteiger partial charge in [-0.2, -0.15) is 0 Å². The summed E-state index contributed by atoms with van der Waals surface area (Å²) in [4.78, 5) is 26.7. The fourth-order valence-electron chi connectivity index (χ4n) is 4.45. The minimum atomic E-state index is -0.321. The van der Waals surface area contributed by atoms with Crippen LogP contribution >= 0.6 is 11.8 Å². The van der Waals surface area contributed by atoms with Crippen molar-refractivity contribution in [3.8, 4) is 22.6 Å². The Balaban J connectivity index is 1.21. The summed E-state index contributed by atoms with van der Waals surface area (Å²) in [6.45, 7) is 0. The second-order valence-electron chi connectivity index (χ2n) is 8.43. The van der Waals surface area contributed by atoms with E-state index in [1.807, 2.05) is 36.4 Å². The van der Waals surface area contributed by atoms with Gasteiger partial charge < -0.3 is 14.8 Å². The molecule has 180 valence electrons. The lowest BCUT2D eigenvalue weighted by Gasteiger charge is -2.13. The predicted octanol–water partition coefficient (Wildman–Crippen LogP) is 6.50. The molecular weight excluding hydrogens is 470 g/mol. The quantitative estimate of drug-likeness (QED) is 0.197. The lowest BCUT2D eigenvalue weighted by molar-refractivity contribution is 0.101. The lowest BCUT2D eigenvalue weighted by atomic mass is 10.0. The molecule has 6 heteroatoms. The number of benzene rings is 4. The molecule has 0 aliphatic heterocycles. The number of ketones is 1. The van der Waals surface area contributed by atoms with Crippen LogP contribution in [0.3, 0.4) is 0 Å². The molecule has 0 fully saturated rings. The van der Waals surface area contributed by atoms with Crippen molar-refractivity contribution in [2.24, 2.45) is 0 Å². The van der Waals surface area contributed by atoms with Gasteiger partial charge in [0.05, 0.1) is 20.0 Å². The van der Waals surface area contributed by atoms with Crippen LogP contribution in [0.5, 0.6) is 11.5 Å². The Hall–Kier alpha value is -4.03. The summed E-state index contributed by atoms with van der Waals surface area (Å²) in [5.41, 5.74) is 6.71. The molecule has 0 atom stereocenters. The molecule has 0 bridgehead atoms. The molecule has 4 aromatic carbocycles. The number of carbonyl (C=O) groups is 2. The highest BCUT2D eigenvalue weighted by atomic mass is 32.2. The first-order chi connectivity index (χ1) is 17.6. The van der Waals surface area contributed by atoms with Gasteiger partial charge in [-0.3, -0.25) is 9.59 Å². The molecule has 0 saturated carbocycles. The number of Topliss-reactive ketones (excluding diaryl/α,β-unsaturated/α-hetero) is 1. The Kier molecular flexibility index (Phi) is 6.78. The normalized spacial score (nSPS) is 11.4. The van der Waals surface area contributed by atoms with Crippen LogP contribution in [0.25, 0.3) is 11.1 Å². The minimum absolute atomic E-state index is 0.0967. The smallest absolute Gasteiger partial charge is 0.263 e. The summed E-state index contributed by atoms with van der Waals surface area (Å²) < 4.78 is 10.6. The second-order valence-corrected chi connectivity index (χ2v) is 9.48. The largest absolute Gasteiger partial charge is 0.496 e. The van der Waals surface area contributed by atoms with Crippen LogP contribution in [0, 0.1) is 0 Å². The average molecular weight is 496 g/mol. The number of thioether (sulfide) groups is 1. The van der Waals surface area contributed by atoms with E-state index >= 15 is 0 Å². The Bertz CT molecular complexity index is 1420. The van der Waals surface area contributed by atoms with Crippen molar-refractivity contribution in [3.05, 3.63) is 107 Å². The molecule has 36 heavy (non-hydrogen) atoms. The highest BCUT2D eigenvalue weighted by Crippen LogP contribution is 2.37. The van der Waals surface area contributed by atoms with E-state index in [9.17, 15) is 9.59 Å². The number of fused-ring (bicyclic) bond motifs is 3. The van der Waals surface area contributed by atoms with Crippen LogP contribution in [0.15, 0.2) is 89.8 Å². The van der Waals surface area contributed by atoms with Gasteiger partial charge in [0.25, 0.3) is 5.91 Å². The van der Waals surface area contributed by atoms with Gasteiger partial charge >= 0.3 is 0 Å². The molecule has 5 rings (SSSR count). The van der Waals surface area contributed by atoms with Crippen molar-refractivity contribution in [1.82, 2.24) is 0 Å². The minimum Gasteiger partial charge on any atom is -0.496 e. The Morgan fingerprint density at radius 3 is 2.22 bits per heavy atom. The first kappa shape index (κ1) is 23.7. The van der Waals surface area contributed by atoms with Gasteiger partial charge in [-0.05, 0) is 71.1 Å². The standard InChI is InChI=1S/C30H25NO4S/c1-34-27-8-5-9-28(35-2)29(27)30(33)31-22-11-13-23(14-12-22)36-18-26(32)20-10-15-25-21(17-20)16-19-6-3-4-7-24(19)25/h3-15,17H,16,18H2,1-2H3,(H,31,33). The molecule has 0 aromatic heterocycles. The third-order valence-corrected chi connectivity index (χ3v) is 7.26. The molecule has 0 spiro atoms. The van der Waals surface area contributed by atoms with Crippen molar-refractivity contribution in [3.63, 3.8) is 0 Å². The van der Waals surface area contributed by atoms with E-state index in [4.69, 9.17) is 9.47 Å². The number of rotatable bonds is 8.